The lowest BCUT2D eigenvalue weighted by molar-refractivity contribution is -0.384. The Morgan fingerprint density at radius 1 is 1.33 bits per heavy atom. The number of nitro benzene ring substituents is 1. The number of anilines is 1. The first-order valence-corrected chi connectivity index (χ1v) is 9.17. The molecule has 0 saturated heterocycles. The first-order valence-electron chi connectivity index (χ1n) is 8.79. The molecule has 2 fully saturated rings. The van der Waals surface area contributed by atoms with Crippen molar-refractivity contribution < 1.29 is 19.6 Å². The Morgan fingerprint density at radius 2 is 2.04 bits per heavy atom. The van der Waals surface area contributed by atoms with Gasteiger partial charge in [-0.05, 0) is 43.7 Å². The maximum Gasteiger partial charge on any atom is 0.319 e. The topological polar surface area (TPSA) is 125 Å². The van der Waals surface area contributed by atoms with Gasteiger partial charge in [0.05, 0.1) is 11.5 Å². The van der Waals surface area contributed by atoms with E-state index in [9.17, 15) is 19.7 Å². The lowest BCUT2D eigenvalue weighted by atomic mass is 9.85. The fourth-order valence-electron chi connectivity index (χ4n) is 3.24. The molecule has 9 nitrogen and oxygen atoms in total. The third-order valence-electron chi connectivity index (χ3n) is 4.89. The van der Waals surface area contributed by atoms with Crippen LogP contribution in [0.25, 0.3) is 0 Å². The Kier molecular flexibility index (Phi) is 5.81. The molecule has 1 aromatic carbocycles. The number of aliphatic carboxylic acids is 1. The number of nitro groups is 1. The van der Waals surface area contributed by atoms with Crippen molar-refractivity contribution >= 4 is 35.0 Å². The summed E-state index contributed by atoms with van der Waals surface area (Å²) in [6.45, 7) is 0.818. The Hall–Kier alpha value is -2.39. The average molecular weight is 397 g/mol. The van der Waals surface area contributed by atoms with E-state index in [0.29, 0.717) is 18.8 Å². The van der Waals surface area contributed by atoms with Crippen LogP contribution in [-0.2, 0) is 4.79 Å². The Bertz CT molecular complexity index is 749. The van der Waals surface area contributed by atoms with Gasteiger partial charge in [-0.25, -0.2) is 4.79 Å². The molecular formula is C17H21ClN4O5. The zero-order valence-electron chi connectivity index (χ0n) is 14.6. The lowest BCUT2D eigenvalue weighted by Gasteiger charge is -2.42. The Labute approximate surface area is 160 Å². The van der Waals surface area contributed by atoms with Gasteiger partial charge in [0.15, 0.2) is 0 Å². The SMILES string of the molecule is O=C(O)CN(CC1CC1)C1CC(NC(=O)Nc2ccc(Cl)c([N+](=O)[O-])c2)C1. The maximum atomic E-state index is 12.1. The van der Waals surface area contributed by atoms with Crippen LogP contribution in [-0.4, -0.2) is 52.1 Å². The summed E-state index contributed by atoms with van der Waals surface area (Å²) in [5.74, 6) is -0.241. The zero-order chi connectivity index (χ0) is 19.6. The van der Waals surface area contributed by atoms with Crippen LogP contribution in [0.5, 0.6) is 0 Å². The van der Waals surface area contributed by atoms with Crippen LogP contribution in [0.1, 0.15) is 25.7 Å². The van der Waals surface area contributed by atoms with Crippen LogP contribution in [0, 0.1) is 16.0 Å². The van der Waals surface area contributed by atoms with E-state index in [0.717, 1.165) is 19.4 Å². The number of nitrogens with one attached hydrogen (secondary N) is 2. The van der Waals surface area contributed by atoms with Gasteiger partial charge in [-0.1, -0.05) is 11.6 Å². The number of urea groups is 1. The quantitative estimate of drug-likeness (QED) is 0.458. The van der Waals surface area contributed by atoms with Gasteiger partial charge < -0.3 is 15.7 Å². The first-order chi connectivity index (χ1) is 12.8. The molecule has 2 amide bonds. The minimum atomic E-state index is -0.839. The standard InChI is InChI=1S/C17H21ClN4O5/c18-14-4-3-11(7-15(14)22(26)27)19-17(25)20-12-5-13(6-12)21(9-16(23)24)8-10-1-2-10/h3-4,7,10,12-13H,1-2,5-6,8-9H2,(H,23,24)(H2,19,20,25). The number of nitrogens with zero attached hydrogens (tertiary/aromatic N) is 2. The minimum Gasteiger partial charge on any atom is -0.480 e. The fraction of sp³-hybridized carbons (Fsp3) is 0.529. The molecule has 2 aliphatic rings. The van der Waals surface area contributed by atoms with Crippen molar-refractivity contribution in [3.8, 4) is 0 Å². The normalized spacial score (nSPS) is 21.4. The van der Waals surface area contributed by atoms with E-state index >= 15 is 0 Å². The molecule has 0 atom stereocenters. The molecule has 1 aromatic rings. The largest absolute Gasteiger partial charge is 0.480 e. The summed E-state index contributed by atoms with van der Waals surface area (Å²) in [7, 11) is 0. The summed E-state index contributed by atoms with van der Waals surface area (Å²) < 4.78 is 0. The molecular weight excluding hydrogens is 376 g/mol. The van der Waals surface area contributed by atoms with E-state index in [4.69, 9.17) is 16.7 Å². The van der Waals surface area contributed by atoms with E-state index in [1.165, 1.54) is 18.2 Å². The molecule has 27 heavy (non-hydrogen) atoms. The fourth-order valence-corrected chi connectivity index (χ4v) is 3.42. The summed E-state index contributed by atoms with van der Waals surface area (Å²) in [5.41, 5.74) is 0.00303. The number of carboxylic acids is 1. The van der Waals surface area contributed by atoms with Crippen LogP contribution < -0.4 is 10.6 Å². The molecule has 0 unspecified atom stereocenters. The van der Waals surface area contributed by atoms with Crippen molar-refractivity contribution in [2.45, 2.75) is 37.8 Å². The van der Waals surface area contributed by atoms with Gasteiger partial charge in [-0.3, -0.25) is 19.8 Å². The predicted octanol–water partition coefficient (Wildman–Crippen LogP) is 2.70. The van der Waals surface area contributed by atoms with Crippen molar-refractivity contribution in [2.75, 3.05) is 18.4 Å². The minimum absolute atomic E-state index is 0.00183. The summed E-state index contributed by atoms with van der Waals surface area (Å²) in [4.78, 5) is 35.4. The molecule has 10 heteroatoms. The van der Waals surface area contributed by atoms with Crippen molar-refractivity contribution in [3.05, 3.63) is 33.3 Å². The highest BCUT2D eigenvalue weighted by Crippen LogP contribution is 2.34. The molecule has 0 aromatic heterocycles. The predicted molar refractivity (Wildman–Crippen MR) is 99.0 cm³/mol. The highest BCUT2D eigenvalue weighted by atomic mass is 35.5. The van der Waals surface area contributed by atoms with Gasteiger partial charge >= 0.3 is 12.0 Å². The third-order valence-corrected chi connectivity index (χ3v) is 5.21. The van der Waals surface area contributed by atoms with E-state index < -0.39 is 16.9 Å². The van der Waals surface area contributed by atoms with Crippen molar-refractivity contribution in [2.24, 2.45) is 5.92 Å². The molecule has 0 spiro atoms. The van der Waals surface area contributed by atoms with Gasteiger partial charge in [-0.2, -0.15) is 0 Å². The maximum absolute atomic E-state index is 12.1. The number of carbonyl (C=O) groups excluding carboxylic acids is 1. The van der Waals surface area contributed by atoms with Crippen molar-refractivity contribution in [1.29, 1.82) is 0 Å². The van der Waals surface area contributed by atoms with Gasteiger partial charge in [0.25, 0.3) is 5.69 Å². The Balaban J connectivity index is 1.47. The van der Waals surface area contributed by atoms with Crippen molar-refractivity contribution in [3.63, 3.8) is 0 Å². The summed E-state index contributed by atoms with van der Waals surface area (Å²) >= 11 is 5.75. The second-order valence-corrected chi connectivity index (χ2v) is 7.52. The van der Waals surface area contributed by atoms with Crippen LogP contribution in [0.3, 0.4) is 0 Å². The van der Waals surface area contributed by atoms with E-state index in [-0.39, 0.29) is 35.0 Å². The number of carboxylic acid groups (broad SMARTS) is 1. The monoisotopic (exact) mass is 396 g/mol. The average Bonchev–Trinajstić information content (AvgIpc) is 3.35. The number of benzene rings is 1. The van der Waals surface area contributed by atoms with Crippen LogP contribution in [0.2, 0.25) is 5.02 Å². The molecule has 0 aliphatic heterocycles. The van der Waals surface area contributed by atoms with Gasteiger partial charge in [-0.15, -0.1) is 0 Å². The summed E-state index contributed by atoms with van der Waals surface area (Å²) in [6, 6.07) is 3.70. The zero-order valence-corrected chi connectivity index (χ0v) is 15.3. The Morgan fingerprint density at radius 3 is 2.63 bits per heavy atom. The van der Waals surface area contributed by atoms with E-state index in [1.807, 2.05) is 4.90 Å². The second-order valence-electron chi connectivity index (χ2n) is 7.11. The molecule has 0 bridgehead atoms. The molecule has 146 valence electrons. The molecule has 0 radical (unpaired) electrons. The smallest absolute Gasteiger partial charge is 0.319 e. The van der Waals surface area contributed by atoms with Crippen LogP contribution >= 0.6 is 11.6 Å². The van der Waals surface area contributed by atoms with Gasteiger partial charge in [0, 0.05) is 30.4 Å². The summed E-state index contributed by atoms with van der Waals surface area (Å²) in [5, 5.41) is 25.3. The molecule has 2 aliphatic carbocycles. The van der Waals surface area contributed by atoms with Gasteiger partial charge in [0.1, 0.15) is 5.02 Å². The van der Waals surface area contributed by atoms with Crippen LogP contribution in [0.15, 0.2) is 18.2 Å². The molecule has 3 N–H and O–H groups in total. The third kappa shape index (κ3) is 5.30. The molecule has 0 heterocycles. The number of hydrogen-bond donors (Lipinski definition) is 3. The van der Waals surface area contributed by atoms with Gasteiger partial charge in [0.2, 0.25) is 0 Å². The first kappa shape index (κ1) is 19.4. The number of rotatable bonds is 8. The highest BCUT2D eigenvalue weighted by Gasteiger charge is 2.37. The molecule has 3 rings (SSSR count). The number of amides is 2. The highest BCUT2D eigenvalue weighted by molar-refractivity contribution is 6.32. The lowest BCUT2D eigenvalue weighted by Crippen LogP contribution is -2.55. The van der Waals surface area contributed by atoms with Crippen LogP contribution in [0.4, 0.5) is 16.2 Å². The number of hydrogen-bond acceptors (Lipinski definition) is 5. The number of halogens is 1. The number of carbonyl (C=O) groups is 2. The van der Waals surface area contributed by atoms with Crippen molar-refractivity contribution in [1.82, 2.24) is 10.2 Å². The van der Waals surface area contributed by atoms with E-state index in [1.54, 1.807) is 0 Å². The summed E-state index contributed by atoms with van der Waals surface area (Å²) in [6.07, 6.45) is 3.68. The molecule has 2 saturated carbocycles. The second kappa shape index (κ2) is 8.10. The van der Waals surface area contributed by atoms with E-state index in [2.05, 4.69) is 10.6 Å².